The number of rotatable bonds is 24. The van der Waals surface area contributed by atoms with E-state index >= 15 is 0 Å². The highest BCUT2D eigenvalue weighted by molar-refractivity contribution is 6.65. The summed E-state index contributed by atoms with van der Waals surface area (Å²) in [5, 5.41) is 9.85. The molecule has 0 bridgehead atoms. The molecule has 0 aromatic carbocycles. The van der Waals surface area contributed by atoms with Crippen molar-refractivity contribution in [3.8, 4) is 0 Å². The second-order valence-corrected chi connectivity index (χ2v) is 10.7. The SMILES string of the molecule is CCCCCCCCCCCCN(C)CCCN(C)CCCCCC(=O)OCC(O)C1OC(=O)C(=O)C1=O. The van der Waals surface area contributed by atoms with Crippen molar-refractivity contribution in [1.82, 2.24) is 9.80 Å². The van der Waals surface area contributed by atoms with Gasteiger partial charge in [0.15, 0.2) is 6.10 Å². The molecule has 1 saturated heterocycles. The number of esters is 2. The minimum absolute atomic E-state index is 0.206. The Hall–Kier alpha value is -1.84. The van der Waals surface area contributed by atoms with Crippen LogP contribution < -0.4 is 0 Å². The van der Waals surface area contributed by atoms with Crippen molar-refractivity contribution in [2.75, 3.05) is 46.9 Å². The fraction of sp³-hybridized carbons (Fsp3) is 0.862. The Morgan fingerprint density at radius 1 is 0.789 bits per heavy atom. The molecule has 0 saturated carbocycles. The van der Waals surface area contributed by atoms with Gasteiger partial charge in [0.05, 0.1) is 0 Å². The van der Waals surface area contributed by atoms with Gasteiger partial charge in [0.2, 0.25) is 0 Å². The molecular weight excluding hydrogens is 488 g/mol. The molecule has 1 rings (SSSR count). The third kappa shape index (κ3) is 15.5. The fourth-order valence-corrected chi connectivity index (χ4v) is 4.57. The molecule has 0 aromatic rings. The Morgan fingerprint density at radius 3 is 1.76 bits per heavy atom. The number of carbonyl (C=O) groups excluding carboxylic acids is 4. The summed E-state index contributed by atoms with van der Waals surface area (Å²) in [6, 6.07) is 0. The van der Waals surface area contributed by atoms with Crippen LogP contribution in [0.3, 0.4) is 0 Å². The van der Waals surface area contributed by atoms with Crippen LogP contribution in [0.5, 0.6) is 0 Å². The summed E-state index contributed by atoms with van der Waals surface area (Å²) in [5.41, 5.74) is 0. The number of hydrogen-bond acceptors (Lipinski definition) is 9. The summed E-state index contributed by atoms with van der Waals surface area (Å²) in [6.07, 6.45) is 14.4. The Morgan fingerprint density at radius 2 is 1.26 bits per heavy atom. The maximum absolute atomic E-state index is 11.9. The monoisotopic (exact) mass is 540 g/mol. The summed E-state index contributed by atoms with van der Waals surface area (Å²) in [6.45, 7) is 6.08. The van der Waals surface area contributed by atoms with Crippen LogP contribution in [0.15, 0.2) is 0 Å². The summed E-state index contributed by atoms with van der Waals surface area (Å²) >= 11 is 0. The number of aliphatic hydroxyl groups excluding tert-OH is 1. The van der Waals surface area contributed by atoms with Gasteiger partial charge in [-0.2, -0.15) is 0 Å². The lowest BCUT2D eigenvalue weighted by atomic mass is 10.1. The Balaban J connectivity index is 1.93. The highest BCUT2D eigenvalue weighted by Crippen LogP contribution is 2.13. The van der Waals surface area contributed by atoms with Crippen LogP contribution in [0, 0.1) is 0 Å². The van der Waals surface area contributed by atoms with Crippen molar-refractivity contribution in [3.05, 3.63) is 0 Å². The van der Waals surface area contributed by atoms with E-state index in [2.05, 4.69) is 35.6 Å². The van der Waals surface area contributed by atoms with E-state index in [1.807, 2.05) is 0 Å². The molecule has 0 radical (unpaired) electrons. The number of nitrogens with zero attached hydrogens (tertiary/aromatic N) is 2. The molecule has 0 aromatic heterocycles. The summed E-state index contributed by atoms with van der Waals surface area (Å²) in [7, 11) is 4.34. The van der Waals surface area contributed by atoms with Gasteiger partial charge in [-0.1, -0.05) is 71.1 Å². The van der Waals surface area contributed by atoms with E-state index < -0.39 is 42.3 Å². The Kier molecular flexibility index (Phi) is 18.9. The Labute approximate surface area is 229 Å². The third-order valence-corrected chi connectivity index (χ3v) is 7.06. The zero-order chi connectivity index (χ0) is 28.2. The number of ketones is 2. The Bertz CT molecular complexity index is 700. The van der Waals surface area contributed by atoms with Crippen molar-refractivity contribution >= 4 is 23.5 Å². The molecule has 38 heavy (non-hydrogen) atoms. The van der Waals surface area contributed by atoms with Crippen molar-refractivity contribution in [2.24, 2.45) is 0 Å². The van der Waals surface area contributed by atoms with Gasteiger partial charge in [-0.3, -0.25) is 14.4 Å². The molecule has 1 heterocycles. The first-order valence-corrected chi connectivity index (χ1v) is 14.8. The van der Waals surface area contributed by atoms with Gasteiger partial charge in [-0.15, -0.1) is 0 Å². The number of Topliss-reactive ketones (excluding diaryl/α,β-unsaturated/α-hetero) is 2. The van der Waals surface area contributed by atoms with E-state index in [1.165, 1.54) is 70.8 Å². The number of ether oxygens (including phenoxy) is 2. The van der Waals surface area contributed by atoms with Crippen LogP contribution in [0.1, 0.15) is 103 Å². The molecule has 220 valence electrons. The van der Waals surface area contributed by atoms with Crippen molar-refractivity contribution in [1.29, 1.82) is 0 Å². The first-order chi connectivity index (χ1) is 18.3. The molecular formula is C29H52N2O7. The maximum Gasteiger partial charge on any atom is 0.383 e. The van der Waals surface area contributed by atoms with Crippen molar-refractivity contribution in [2.45, 2.75) is 115 Å². The lowest BCUT2D eigenvalue weighted by molar-refractivity contribution is -0.156. The molecule has 9 heteroatoms. The molecule has 1 aliphatic heterocycles. The molecule has 2 atom stereocenters. The summed E-state index contributed by atoms with van der Waals surface area (Å²) < 4.78 is 9.46. The average Bonchev–Trinajstić information content (AvgIpc) is 3.15. The number of hydrogen-bond donors (Lipinski definition) is 1. The molecule has 0 amide bonds. The van der Waals surface area contributed by atoms with Crippen LogP contribution in [-0.4, -0.2) is 97.5 Å². The van der Waals surface area contributed by atoms with Crippen molar-refractivity contribution < 1.29 is 33.8 Å². The van der Waals surface area contributed by atoms with Gasteiger partial charge >= 0.3 is 17.7 Å². The molecule has 2 unspecified atom stereocenters. The van der Waals surface area contributed by atoms with E-state index in [-0.39, 0.29) is 6.42 Å². The van der Waals surface area contributed by atoms with Crippen LogP contribution in [-0.2, 0) is 28.7 Å². The lowest BCUT2D eigenvalue weighted by Crippen LogP contribution is -2.37. The van der Waals surface area contributed by atoms with Crippen molar-refractivity contribution in [3.63, 3.8) is 0 Å². The number of aliphatic hydroxyl groups is 1. The van der Waals surface area contributed by atoms with Gasteiger partial charge in [0.1, 0.15) is 12.7 Å². The van der Waals surface area contributed by atoms with E-state index in [0.29, 0.717) is 6.42 Å². The first kappa shape index (κ1) is 34.2. The maximum atomic E-state index is 11.9. The topological polar surface area (TPSA) is 113 Å². The quantitative estimate of drug-likeness (QED) is 0.111. The molecule has 0 spiro atoms. The molecule has 1 N–H and O–H groups in total. The fourth-order valence-electron chi connectivity index (χ4n) is 4.57. The van der Waals surface area contributed by atoms with Gasteiger partial charge in [-0.25, -0.2) is 4.79 Å². The van der Waals surface area contributed by atoms with Crippen LogP contribution in [0.25, 0.3) is 0 Å². The standard InChI is InChI=1S/C29H52N2O7/c1-4-5-6-7-8-9-10-11-12-15-19-30(2)21-17-22-31(3)20-16-13-14-18-25(33)37-23-24(32)28-26(34)27(35)29(36)38-28/h24,28,32H,4-23H2,1-3H3. The number of unbranched alkanes of at least 4 members (excludes halogenated alkanes) is 11. The van der Waals surface area contributed by atoms with Crippen LogP contribution >= 0.6 is 0 Å². The molecule has 0 aliphatic carbocycles. The zero-order valence-electron chi connectivity index (χ0n) is 24.1. The van der Waals surface area contributed by atoms with Gasteiger partial charge < -0.3 is 24.4 Å². The van der Waals surface area contributed by atoms with Crippen LogP contribution in [0.4, 0.5) is 0 Å². The highest BCUT2D eigenvalue weighted by atomic mass is 16.6. The van der Waals surface area contributed by atoms with Gasteiger partial charge in [-0.05, 0) is 66.0 Å². The summed E-state index contributed by atoms with van der Waals surface area (Å²) in [4.78, 5) is 50.3. The molecule has 1 fully saturated rings. The second-order valence-electron chi connectivity index (χ2n) is 10.7. The average molecular weight is 541 g/mol. The highest BCUT2D eigenvalue weighted by Gasteiger charge is 2.46. The minimum Gasteiger partial charge on any atom is -0.463 e. The number of carbonyl (C=O) groups is 4. The molecule has 9 nitrogen and oxygen atoms in total. The minimum atomic E-state index is -1.59. The van der Waals surface area contributed by atoms with E-state index in [4.69, 9.17) is 4.74 Å². The third-order valence-electron chi connectivity index (χ3n) is 7.06. The van der Waals surface area contributed by atoms with E-state index in [9.17, 15) is 24.3 Å². The molecule has 1 aliphatic rings. The van der Waals surface area contributed by atoms with Crippen LogP contribution in [0.2, 0.25) is 0 Å². The largest absolute Gasteiger partial charge is 0.463 e. The number of cyclic esters (lactones) is 1. The van der Waals surface area contributed by atoms with E-state index in [1.54, 1.807) is 0 Å². The lowest BCUT2D eigenvalue weighted by Gasteiger charge is -2.20. The summed E-state index contributed by atoms with van der Waals surface area (Å²) in [5.74, 6) is -4.18. The zero-order valence-corrected chi connectivity index (χ0v) is 24.1. The smallest absolute Gasteiger partial charge is 0.383 e. The van der Waals surface area contributed by atoms with Gasteiger partial charge in [0.25, 0.3) is 5.78 Å². The predicted molar refractivity (Wildman–Crippen MR) is 147 cm³/mol. The predicted octanol–water partition coefficient (Wildman–Crippen LogP) is 3.69. The van der Waals surface area contributed by atoms with E-state index in [0.717, 1.165) is 38.9 Å². The second kappa shape index (κ2) is 21.0. The van der Waals surface area contributed by atoms with Gasteiger partial charge in [0, 0.05) is 6.42 Å². The normalized spacial score (nSPS) is 16.5. The first-order valence-electron chi connectivity index (χ1n) is 14.8.